The second kappa shape index (κ2) is 6.32. The van der Waals surface area contributed by atoms with Crippen molar-refractivity contribution in [3.8, 4) is 6.07 Å². The SMILES string of the molecule is N#Cc1cccc(CNC(=O)C2CCC(CN)O2)c1. The number of ether oxygens (including phenoxy) is 1. The fourth-order valence-corrected chi connectivity index (χ4v) is 2.13. The third-order valence-corrected chi connectivity index (χ3v) is 3.19. The maximum absolute atomic E-state index is 11.9. The van der Waals surface area contributed by atoms with E-state index >= 15 is 0 Å². The van der Waals surface area contributed by atoms with Gasteiger partial charge in [-0.2, -0.15) is 5.26 Å². The summed E-state index contributed by atoms with van der Waals surface area (Å²) in [7, 11) is 0. The van der Waals surface area contributed by atoms with E-state index in [0.717, 1.165) is 12.0 Å². The van der Waals surface area contributed by atoms with Crippen molar-refractivity contribution in [1.82, 2.24) is 5.32 Å². The van der Waals surface area contributed by atoms with Crippen molar-refractivity contribution in [1.29, 1.82) is 5.26 Å². The standard InChI is InChI=1S/C14H17N3O2/c15-7-10-2-1-3-11(6-10)9-17-14(18)13-5-4-12(8-16)19-13/h1-3,6,12-13H,4-5,8-9,16H2,(H,17,18). The van der Waals surface area contributed by atoms with Crippen LogP contribution in [0.25, 0.3) is 0 Å². The Hall–Kier alpha value is -1.90. The van der Waals surface area contributed by atoms with E-state index in [-0.39, 0.29) is 12.0 Å². The third-order valence-electron chi connectivity index (χ3n) is 3.19. The Labute approximate surface area is 112 Å². The summed E-state index contributed by atoms with van der Waals surface area (Å²) in [4.78, 5) is 11.9. The average molecular weight is 259 g/mol. The van der Waals surface area contributed by atoms with Gasteiger partial charge in [0.05, 0.1) is 17.7 Å². The molecule has 1 amide bonds. The molecule has 1 aromatic carbocycles. The topological polar surface area (TPSA) is 88.1 Å². The molecule has 5 heteroatoms. The van der Waals surface area contributed by atoms with Crippen molar-refractivity contribution in [2.24, 2.45) is 5.73 Å². The molecule has 0 radical (unpaired) electrons. The van der Waals surface area contributed by atoms with Crippen LogP contribution in [0.2, 0.25) is 0 Å². The summed E-state index contributed by atoms with van der Waals surface area (Å²) in [5.41, 5.74) is 7.00. The van der Waals surface area contributed by atoms with Gasteiger partial charge in [-0.05, 0) is 30.5 Å². The molecule has 0 spiro atoms. The van der Waals surface area contributed by atoms with Gasteiger partial charge < -0.3 is 15.8 Å². The number of nitrogens with one attached hydrogen (secondary N) is 1. The van der Waals surface area contributed by atoms with Gasteiger partial charge in [0.2, 0.25) is 5.91 Å². The number of hydrogen-bond acceptors (Lipinski definition) is 4. The van der Waals surface area contributed by atoms with Crippen molar-refractivity contribution in [2.75, 3.05) is 6.54 Å². The molecule has 0 bridgehead atoms. The molecule has 3 N–H and O–H groups in total. The minimum atomic E-state index is -0.396. The van der Waals surface area contributed by atoms with Crippen LogP contribution >= 0.6 is 0 Å². The van der Waals surface area contributed by atoms with Crippen LogP contribution in [-0.4, -0.2) is 24.7 Å². The lowest BCUT2D eigenvalue weighted by Gasteiger charge is -2.12. The Bertz CT molecular complexity index is 496. The Morgan fingerprint density at radius 1 is 1.53 bits per heavy atom. The fourth-order valence-electron chi connectivity index (χ4n) is 2.13. The quantitative estimate of drug-likeness (QED) is 0.832. The number of nitrogens with zero attached hydrogens (tertiary/aromatic N) is 1. The van der Waals surface area contributed by atoms with Crippen LogP contribution in [0.3, 0.4) is 0 Å². The molecule has 5 nitrogen and oxygen atoms in total. The number of nitriles is 1. The summed E-state index contributed by atoms with van der Waals surface area (Å²) in [6, 6.07) is 9.24. The van der Waals surface area contributed by atoms with Gasteiger partial charge >= 0.3 is 0 Å². The summed E-state index contributed by atoms with van der Waals surface area (Å²) in [6.45, 7) is 0.857. The molecule has 100 valence electrons. The lowest BCUT2D eigenvalue weighted by molar-refractivity contribution is -0.132. The molecule has 1 aromatic rings. The van der Waals surface area contributed by atoms with Crippen molar-refractivity contribution in [3.63, 3.8) is 0 Å². The summed E-state index contributed by atoms with van der Waals surface area (Å²) in [6.07, 6.45) is 1.15. The summed E-state index contributed by atoms with van der Waals surface area (Å²) in [5.74, 6) is -0.113. The molecule has 0 aliphatic carbocycles. The van der Waals surface area contributed by atoms with Gasteiger partial charge in [0.1, 0.15) is 6.10 Å². The van der Waals surface area contributed by atoms with Gasteiger partial charge in [-0.3, -0.25) is 4.79 Å². The van der Waals surface area contributed by atoms with Crippen LogP contribution in [-0.2, 0) is 16.1 Å². The molecule has 2 unspecified atom stereocenters. The van der Waals surface area contributed by atoms with Gasteiger partial charge in [0.15, 0.2) is 0 Å². The van der Waals surface area contributed by atoms with Crippen LogP contribution in [0.15, 0.2) is 24.3 Å². The normalized spacial score (nSPS) is 21.9. The number of amides is 1. The molecule has 1 aliphatic rings. The molecule has 2 rings (SSSR count). The van der Waals surface area contributed by atoms with Crippen molar-refractivity contribution < 1.29 is 9.53 Å². The molecular weight excluding hydrogens is 242 g/mol. The van der Waals surface area contributed by atoms with Crippen LogP contribution in [0, 0.1) is 11.3 Å². The van der Waals surface area contributed by atoms with Crippen molar-refractivity contribution >= 4 is 5.91 Å². The Kier molecular flexibility index (Phi) is 4.50. The molecule has 1 saturated heterocycles. The first-order valence-electron chi connectivity index (χ1n) is 6.35. The monoisotopic (exact) mass is 259 g/mol. The highest BCUT2D eigenvalue weighted by atomic mass is 16.5. The molecule has 1 heterocycles. The van der Waals surface area contributed by atoms with Gasteiger partial charge in [-0.1, -0.05) is 12.1 Å². The molecular formula is C14H17N3O2. The van der Waals surface area contributed by atoms with E-state index in [1.165, 1.54) is 0 Å². The van der Waals surface area contributed by atoms with Crippen LogP contribution in [0.1, 0.15) is 24.0 Å². The summed E-state index contributed by atoms with van der Waals surface area (Å²) in [5, 5.41) is 11.6. The van der Waals surface area contributed by atoms with Gasteiger partial charge in [-0.15, -0.1) is 0 Å². The molecule has 19 heavy (non-hydrogen) atoms. The van der Waals surface area contributed by atoms with Gasteiger partial charge in [-0.25, -0.2) is 0 Å². The fraction of sp³-hybridized carbons (Fsp3) is 0.429. The zero-order valence-corrected chi connectivity index (χ0v) is 10.6. The highest BCUT2D eigenvalue weighted by Crippen LogP contribution is 2.18. The molecule has 1 fully saturated rings. The van der Waals surface area contributed by atoms with Crippen molar-refractivity contribution in [3.05, 3.63) is 35.4 Å². The van der Waals surface area contributed by atoms with E-state index in [1.54, 1.807) is 18.2 Å². The molecule has 2 atom stereocenters. The highest BCUT2D eigenvalue weighted by molar-refractivity contribution is 5.81. The summed E-state index contributed by atoms with van der Waals surface area (Å²) < 4.78 is 5.52. The Morgan fingerprint density at radius 3 is 3.05 bits per heavy atom. The van der Waals surface area contributed by atoms with Gasteiger partial charge in [0.25, 0.3) is 0 Å². The van der Waals surface area contributed by atoms with Crippen molar-refractivity contribution in [2.45, 2.75) is 31.6 Å². The lowest BCUT2D eigenvalue weighted by atomic mass is 10.1. The number of nitrogens with two attached hydrogens (primary N) is 1. The predicted molar refractivity (Wildman–Crippen MR) is 70.0 cm³/mol. The summed E-state index contributed by atoms with van der Waals surface area (Å²) >= 11 is 0. The molecule has 1 aliphatic heterocycles. The zero-order valence-electron chi connectivity index (χ0n) is 10.6. The van der Waals surface area contributed by atoms with Crippen LogP contribution in [0.4, 0.5) is 0 Å². The van der Waals surface area contributed by atoms with E-state index in [1.807, 2.05) is 6.07 Å². The first-order valence-corrected chi connectivity index (χ1v) is 6.35. The number of hydrogen-bond donors (Lipinski definition) is 2. The van der Waals surface area contributed by atoms with E-state index in [9.17, 15) is 4.79 Å². The molecule has 0 aromatic heterocycles. The van der Waals surface area contributed by atoms with Crippen LogP contribution in [0.5, 0.6) is 0 Å². The second-order valence-corrected chi connectivity index (χ2v) is 4.59. The maximum atomic E-state index is 11.9. The number of carbonyl (C=O) groups is 1. The second-order valence-electron chi connectivity index (χ2n) is 4.59. The van der Waals surface area contributed by atoms with E-state index in [2.05, 4.69) is 11.4 Å². The van der Waals surface area contributed by atoms with Crippen LogP contribution < -0.4 is 11.1 Å². The van der Waals surface area contributed by atoms with E-state index < -0.39 is 6.10 Å². The maximum Gasteiger partial charge on any atom is 0.249 e. The Morgan fingerprint density at radius 2 is 2.37 bits per heavy atom. The first kappa shape index (κ1) is 13.5. The van der Waals surface area contributed by atoms with Gasteiger partial charge in [0, 0.05) is 13.1 Å². The third kappa shape index (κ3) is 3.53. The minimum Gasteiger partial charge on any atom is -0.364 e. The predicted octanol–water partition coefficient (Wildman–Crippen LogP) is 0.681. The largest absolute Gasteiger partial charge is 0.364 e. The smallest absolute Gasteiger partial charge is 0.249 e. The number of rotatable bonds is 4. The highest BCUT2D eigenvalue weighted by Gasteiger charge is 2.29. The Balaban J connectivity index is 1.85. The van der Waals surface area contributed by atoms with E-state index in [4.69, 9.17) is 15.7 Å². The molecule has 0 saturated carbocycles. The number of benzene rings is 1. The number of carbonyl (C=O) groups excluding carboxylic acids is 1. The minimum absolute atomic E-state index is 0.00216. The lowest BCUT2D eigenvalue weighted by Crippen LogP contribution is -2.35. The first-order chi connectivity index (χ1) is 9.22. The average Bonchev–Trinajstić information content (AvgIpc) is 2.94. The zero-order chi connectivity index (χ0) is 13.7. The van der Waals surface area contributed by atoms with E-state index in [0.29, 0.717) is 25.1 Å².